The molecule has 0 aromatic heterocycles. The van der Waals surface area contributed by atoms with Crippen molar-refractivity contribution in [2.24, 2.45) is 0 Å². The van der Waals surface area contributed by atoms with Gasteiger partial charge < -0.3 is 15.2 Å². The number of benzene rings is 2. The Morgan fingerprint density at radius 3 is 2.29 bits per heavy atom. The lowest BCUT2D eigenvalue weighted by Gasteiger charge is -2.23. The zero-order chi connectivity index (χ0) is 17.7. The van der Waals surface area contributed by atoms with Gasteiger partial charge in [-0.3, -0.25) is 4.79 Å². The Balaban J connectivity index is 2.16. The second-order valence-electron chi connectivity index (χ2n) is 6.02. The number of ether oxygens (including phenoxy) is 1. The van der Waals surface area contributed by atoms with Gasteiger partial charge in [0.2, 0.25) is 0 Å². The molecule has 2 aromatic rings. The largest absolute Gasteiger partial charge is 0.481 e. The predicted octanol–water partition coefficient (Wildman–Crippen LogP) is 3.45. The highest BCUT2D eigenvalue weighted by molar-refractivity contribution is 5.89. The quantitative estimate of drug-likeness (QED) is 0.795. The van der Waals surface area contributed by atoms with Crippen molar-refractivity contribution in [3.8, 4) is 0 Å². The lowest BCUT2D eigenvalue weighted by Crippen LogP contribution is -2.29. The number of hydrogen-bond acceptors (Lipinski definition) is 4. The lowest BCUT2D eigenvalue weighted by molar-refractivity contribution is -0.142. The summed E-state index contributed by atoms with van der Waals surface area (Å²) in [4.78, 5) is 22.9. The van der Waals surface area contributed by atoms with Crippen molar-refractivity contribution in [1.29, 1.82) is 0 Å². The summed E-state index contributed by atoms with van der Waals surface area (Å²) >= 11 is 0. The van der Waals surface area contributed by atoms with Crippen LogP contribution in [0.5, 0.6) is 0 Å². The summed E-state index contributed by atoms with van der Waals surface area (Å²) in [7, 11) is 1.35. The highest BCUT2D eigenvalue weighted by Crippen LogP contribution is 2.30. The number of esters is 1. The van der Waals surface area contributed by atoms with Gasteiger partial charge in [-0.05, 0) is 43.2 Å². The first-order valence-corrected chi connectivity index (χ1v) is 7.60. The maximum atomic E-state index is 11.5. The zero-order valence-electron chi connectivity index (χ0n) is 14.0. The molecule has 0 aliphatic carbocycles. The number of hydrogen-bond donors (Lipinski definition) is 2. The van der Waals surface area contributed by atoms with E-state index in [0.29, 0.717) is 12.1 Å². The molecule has 0 unspecified atom stereocenters. The number of anilines is 1. The van der Waals surface area contributed by atoms with E-state index < -0.39 is 11.4 Å². The smallest absolute Gasteiger partial charge is 0.337 e. The molecule has 0 radical (unpaired) electrons. The molecule has 0 heterocycles. The summed E-state index contributed by atoms with van der Waals surface area (Å²) in [5, 5.41) is 12.7. The Bertz CT molecular complexity index is 735. The van der Waals surface area contributed by atoms with Crippen LogP contribution in [-0.4, -0.2) is 24.2 Å². The fourth-order valence-corrected chi connectivity index (χ4v) is 2.37. The van der Waals surface area contributed by atoms with E-state index in [1.165, 1.54) is 7.11 Å². The first kappa shape index (κ1) is 17.5. The third kappa shape index (κ3) is 3.74. The molecule has 126 valence electrons. The molecule has 0 saturated heterocycles. The summed E-state index contributed by atoms with van der Waals surface area (Å²) in [5.41, 5.74) is 1.99. The molecule has 2 N–H and O–H groups in total. The molecule has 0 aliphatic rings. The fraction of sp³-hybridized carbons (Fsp3) is 0.263. The molecule has 0 spiro atoms. The standard InChI is InChI=1S/C19H21NO4/c1-19(2,18(22)23)15-6-4-5-7-16(15)20-12-13-8-10-14(11-9-13)17(21)24-3/h4-11,20H,12H2,1-3H3,(H,22,23). The molecule has 0 saturated carbocycles. The van der Waals surface area contributed by atoms with Crippen LogP contribution in [0.4, 0.5) is 5.69 Å². The van der Waals surface area contributed by atoms with Crippen molar-refractivity contribution >= 4 is 17.6 Å². The van der Waals surface area contributed by atoms with Crippen molar-refractivity contribution in [3.63, 3.8) is 0 Å². The summed E-state index contributed by atoms with van der Waals surface area (Å²) in [6.45, 7) is 3.89. The van der Waals surface area contributed by atoms with E-state index in [1.807, 2.05) is 36.4 Å². The van der Waals surface area contributed by atoms with E-state index in [0.717, 1.165) is 16.8 Å². The molecule has 2 rings (SSSR count). The van der Waals surface area contributed by atoms with Crippen LogP contribution in [0.15, 0.2) is 48.5 Å². The average Bonchev–Trinajstić information content (AvgIpc) is 2.59. The van der Waals surface area contributed by atoms with Crippen LogP contribution in [-0.2, 0) is 21.5 Å². The molecule has 0 aliphatic heterocycles. The van der Waals surface area contributed by atoms with Gasteiger partial charge in [-0.1, -0.05) is 30.3 Å². The molecule has 24 heavy (non-hydrogen) atoms. The Hall–Kier alpha value is -2.82. The Labute approximate surface area is 141 Å². The lowest BCUT2D eigenvalue weighted by atomic mass is 9.83. The number of aliphatic carboxylic acids is 1. The minimum atomic E-state index is -0.988. The van der Waals surface area contributed by atoms with Crippen LogP contribution >= 0.6 is 0 Å². The van der Waals surface area contributed by atoms with Crippen LogP contribution in [0.2, 0.25) is 0 Å². The maximum Gasteiger partial charge on any atom is 0.337 e. The second kappa shape index (κ2) is 7.17. The number of carboxylic acid groups (broad SMARTS) is 1. The van der Waals surface area contributed by atoms with Crippen molar-refractivity contribution in [2.75, 3.05) is 12.4 Å². The van der Waals surface area contributed by atoms with Gasteiger partial charge in [-0.15, -0.1) is 0 Å². The summed E-state index contributed by atoms with van der Waals surface area (Å²) in [6, 6.07) is 14.5. The number of nitrogens with one attached hydrogen (secondary N) is 1. The van der Waals surface area contributed by atoms with Gasteiger partial charge in [0.15, 0.2) is 0 Å². The molecule has 0 bridgehead atoms. The van der Waals surface area contributed by atoms with Gasteiger partial charge in [0.1, 0.15) is 0 Å². The van der Waals surface area contributed by atoms with Crippen LogP contribution in [0.1, 0.15) is 35.3 Å². The van der Waals surface area contributed by atoms with E-state index in [9.17, 15) is 14.7 Å². The molecule has 5 heteroatoms. The SMILES string of the molecule is COC(=O)c1ccc(CNc2ccccc2C(C)(C)C(=O)O)cc1. The second-order valence-corrected chi connectivity index (χ2v) is 6.02. The predicted molar refractivity (Wildman–Crippen MR) is 92.2 cm³/mol. The number of rotatable bonds is 6. The Morgan fingerprint density at radius 2 is 1.71 bits per heavy atom. The fourth-order valence-electron chi connectivity index (χ4n) is 2.37. The molecular formula is C19H21NO4. The zero-order valence-corrected chi connectivity index (χ0v) is 14.0. The topological polar surface area (TPSA) is 75.6 Å². The van der Waals surface area contributed by atoms with Gasteiger partial charge in [0.25, 0.3) is 0 Å². The molecule has 2 aromatic carbocycles. The average molecular weight is 327 g/mol. The van der Waals surface area contributed by atoms with Gasteiger partial charge in [0, 0.05) is 12.2 Å². The minimum Gasteiger partial charge on any atom is -0.481 e. The van der Waals surface area contributed by atoms with Crippen LogP contribution in [0.25, 0.3) is 0 Å². The number of carbonyl (C=O) groups excluding carboxylic acids is 1. The highest BCUT2D eigenvalue weighted by atomic mass is 16.5. The summed E-state index contributed by atoms with van der Waals surface area (Å²) in [6.07, 6.45) is 0. The van der Waals surface area contributed by atoms with Gasteiger partial charge in [0.05, 0.1) is 18.1 Å². The molecular weight excluding hydrogens is 306 g/mol. The summed E-state index contributed by atoms with van der Waals surface area (Å²) in [5.74, 6) is -1.25. The third-order valence-electron chi connectivity index (χ3n) is 3.99. The number of carbonyl (C=O) groups is 2. The van der Waals surface area contributed by atoms with E-state index in [4.69, 9.17) is 0 Å². The maximum absolute atomic E-state index is 11.5. The minimum absolute atomic E-state index is 0.372. The highest BCUT2D eigenvalue weighted by Gasteiger charge is 2.31. The third-order valence-corrected chi connectivity index (χ3v) is 3.99. The monoisotopic (exact) mass is 327 g/mol. The molecule has 0 atom stereocenters. The van der Waals surface area contributed by atoms with Crippen molar-refractivity contribution in [1.82, 2.24) is 0 Å². The van der Waals surface area contributed by atoms with Gasteiger partial charge in [-0.2, -0.15) is 0 Å². The number of carboxylic acids is 1. The first-order valence-electron chi connectivity index (χ1n) is 7.60. The normalized spacial score (nSPS) is 11.0. The summed E-state index contributed by atoms with van der Waals surface area (Å²) < 4.78 is 4.67. The van der Waals surface area contributed by atoms with Crippen LogP contribution in [0, 0.1) is 0 Å². The van der Waals surface area contributed by atoms with Gasteiger partial charge in [-0.25, -0.2) is 4.79 Å². The Kier molecular flexibility index (Phi) is 5.24. The van der Waals surface area contributed by atoms with E-state index in [1.54, 1.807) is 26.0 Å². The molecule has 5 nitrogen and oxygen atoms in total. The Morgan fingerprint density at radius 1 is 1.08 bits per heavy atom. The van der Waals surface area contributed by atoms with Crippen LogP contribution < -0.4 is 5.32 Å². The van der Waals surface area contributed by atoms with E-state index in [2.05, 4.69) is 10.1 Å². The van der Waals surface area contributed by atoms with Crippen molar-refractivity contribution in [2.45, 2.75) is 25.8 Å². The number of para-hydroxylation sites is 1. The van der Waals surface area contributed by atoms with Crippen LogP contribution in [0.3, 0.4) is 0 Å². The van der Waals surface area contributed by atoms with Gasteiger partial charge >= 0.3 is 11.9 Å². The first-order chi connectivity index (χ1) is 11.4. The van der Waals surface area contributed by atoms with Crippen molar-refractivity contribution < 1.29 is 19.4 Å². The number of methoxy groups -OCH3 is 1. The molecule has 0 fully saturated rings. The van der Waals surface area contributed by atoms with E-state index >= 15 is 0 Å². The molecule has 0 amide bonds. The van der Waals surface area contributed by atoms with Crippen molar-refractivity contribution in [3.05, 3.63) is 65.2 Å². The van der Waals surface area contributed by atoms with E-state index in [-0.39, 0.29) is 5.97 Å².